The molecule has 5 nitrogen and oxygen atoms in total. The van der Waals surface area contributed by atoms with Crippen molar-refractivity contribution in [1.29, 1.82) is 0 Å². The Morgan fingerprint density at radius 3 is 2.03 bits per heavy atom. The Hall–Kier alpha value is -3.08. The molecule has 0 radical (unpaired) electrons. The van der Waals surface area contributed by atoms with Gasteiger partial charge in [-0.05, 0) is 68.0 Å². The number of unbranched alkanes of at least 4 members (excludes halogenated alkanes) is 7. The van der Waals surface area contributed by atoms with Crippen molar-refractivity contribution in [2.45, 2.75) is 65.2 Å². The van der Waals surface area contributed by atoms with Crippen molar-refractivity contribution in [2.75, 3.05) is 11.9 Å². The van der Waals surface area contributed by atoms with Crippen LogP contribution in [0.2, 0.25) is 0 Å². The van der Waals surface area contributed by atoms with E-state index in [1.54, 1.807) is 54.7 Å². The highest BCUT2D eigenvalue weighted by Gasteiger charge is 2.09. The van der Waals surface area contributed by atoms with Crippen molar-refractivity contribution in [1.82, 2.24) is 0 Å². The highest BCUT2D eigenvalue weighted by Crippen LogP contribution is 2.19. The van der Waals surface area contributed by atoms with E-state index in [1.807, 2.05) is 0 Å². The molecule has 0 saturated heterocycles. The number of hydrogen-bond acceptors (Lipinski definition) is 5. The van der Waals surface area contributed by atoms with Gasteiger partial charge in [0.15, 0.2) is 5.78 Å². The third-order valence-electron chi connectivity index (χ3n) is 4.99. The van der Waals surface area contributed by atoms with Crippen molar-refractivity contribution in [3.8, 4) is 11.5 Å². The Bertz CT molecular complexity index is 841. The summed E-state index contributed by atoms with van der Waals surface area (Å²) in [5, 5.41) is 2.98. The topological polar surface area (TPSA) is 64.6 Å². The average Bonchev–Trinajstić information content (AvgIpc) is 2.79. The van der Waals surface area contributed by atoms with Crippen LogP contribution in [-0.2, 0) is 4.79 Å². The summed E-state index contributed by atoms with van der Waals surface area (Å²) in [6, 6.07) is 14.0. The lowest BCUT2D eigenvalue weighted by atomic mass is 10.1. The van der Waals surface area contributed by atoms with Crippen molar-refractivity contribution < 1.29 is 19.1 Å². The van der Waals surface area contributed by atoms with E-state index in [4.69, 9.17) is 9.47 Å². The second-order valence-corrected chi connectivity index (χ2v) is 7.85. The van der Waals surface area contributed by atoms with Crippen LogP contribution in [0, 0.1) is 0 Å². The minimum Gasteiger partial charge on any atom is -0.494 e. The number of ether oxygens (including phenoxy) is 2. The summed E-state index contributed by atoms with van der Waals surface area (Å²) in [6.45, 7) is 4.42. The minimum absolute atomic E-state index is 0.0346. The minimum atomic E-state index is -0.420. The van der Waals surface area contributed by atoms with Gasteiger partial charge in [0.2, 0.25) is 0 Å². The lowest BCUT2D eigenvalue weighted by Gasteiger charge is -2.08. The molecule has 5 heteroatoms. The quantitative estimate of drug-likeness (QED) is 0.141. The number of carbonyl (C=O) groups is 2. The molecular formula is C27H35NO4. The number of allylic oxidation sites excluding steroid dienone is 1. The Labute approximate surface area is 191 Å². The Kier molecular flexibility index (Phi) is 11.7. The number of carbonyl (C=O) groups excluding carboxylic acids is 2. The second kappa shape index (κ2) is 14.8. The van der Waals surface area contributed by atoms with Crippen LogP contribution >= 0.6 is 0 Å². The number of ketones is 1. The fourth-order valence-corrected chi connectivity index (χ4v) is 3.15. The van der Waals surface area contributed by atoms with Gasteiger partial charge >= 0.3 is 5.97 Å². The Morgan fingerprint density at radius 1 is 0.812 bits per heavy atom. The molecule has 0 fully saturated rings. The molecule has 2 rings (SSSR count). The predicted octanol–water partition coefficient (Wildman–Crippen LogP) is 6.94. The van der Waals surface area contributed by atoms with Crippen LogP contribution in [-0.4, -0.2) is 18.4 Å². The average molecular weight is 438 g/mol. The summed E-state index contributed by atoms with van der Waals surface area (Å²) in [4.78, 5) is 23.3. The number of rotatable bonds is 15. The first-order valence-electron chi connectivity index (χ1n) is 11.6. The zero-order chi connectivity index (χ0) is 23.0. The summed E-state index contributed by atoms with van der Waals surface area (Å²) in [7, 11) is 0. The lowest BCUT2D eigenvalue weighted by molar-refractivity contribution is -0.112. The van der Waals surface area contributed by atoms with E-state index in [-0.39, 0.29) is 5.78 Å². The van der Waals surface area contributed by atoms with Crippen LogP contribution in [0.25, 0.3) is 0 Å². The fraction of sp³-hybridized carbons (Fsp3) is 0.407. The van der Waals surface area contributed by atoms with Crippen molar-refractivity contribution in [3.05, 3.63) is 66.4 Å². The number of hydrogen-bond donors (Lipinski definition) is 1. The molecule has 2 aromatic rings. The zero-order valence-electron chi connectivity index (χ0n) is 19.3. The van der Waals surface area contributed by atoms with Gasteiger partial charge in [0, 0.05) is 11.9 Å². The second-order valence-electron chi connectivity index (χ2n) is 7.85. The Balaban J connectivity index is 1.68. The molecule has 0 atom stereocenters. The van der Waals surface area contributed by atoms with E-state index >= 15 is 0 Å². The molecule has 0 aliphatic rings. The van der Waals surface area contributed by atoms with Crippen LogP contribution in [0.5, 0.6) is 11.5 Å². The predicted molar refractivity (Wildman–Crippen MR) is 129 cm³/mol. The van der Waals surface area contributed by atoms with E-state index in [2.05, 4.69) is 12.2 Å². The lowest BCUT2D eigenvalue weighted by Crippen LogP contribution is -2.08. The largest absolute Gasteiger partial charge is 0.494 e. The summed E-state index contributed by atoms with van der Waals surface area (Å²) >= 11 is 0. The van der Waals surface area contributed by atoms with Crippen molar-refractivity contribution in [2.24, 2.45) is 0 Å². The molecule has 0 aliphatic heterocycles. The first kappa shape index (κ1) is 25.2. The van der Waals surface area contributed by atoms with E-state index in [0.29, 0.717) is 17.9 Å². The van der Waals surface area contributed by atoms with Crippen LogP contribution in [0.4, 0.5) is 5.69 Å². The summed E-state index contributed by atoms with van der Waals surface area (Å²) in [6.07, 6.45) is 13.2. The van der Waals surface area contributed by atoms with Gasteiger partial charge in [-0.1, -0.05) is 51.9 Å². The van der Waals surface area contributed by atoms with Crippen LogP contribution in [0.1, 0.15) is 75.6 Å². The van der Waals surface area contributed by atoms with Gasteiger partial charge in [-0.25, -0.2) is 4.79 Å². The first-order chi connectivity index (χ1) is 15.6. The van der Waals surface area contributed by atoms with Crippen molar-refractivity contribution >= 4 is 17.4 Å². The summed E-state index contributed by atoms with van der Waals surface area (Å²) in [5.74, 6) is 0.758. The van der Waals surface area contributed by atoms with Crippen LogP contribution in [0.15, 0.2) is 60.8 Å². The third-order valence-corrected chi connectivity index (χ3v) is 4.99. The standard InChI is InChI=1S/C27H35NO4/c1-3-4-5-6-7-8-9-10-21-31-25-15-11-23(12-16-25)27(30)32-26-17-13-24(14-18-26)28-20-19-22(2)29/h11-20,28H,3-10,21H2,1-2H3/b20-19-. The highest BCUT2D eigenvalue weighted by molar-refractivity contribution is 5.91. The maximum absolute atomic E-state index is 12.4. The van der Waals surface area contributed by atoms with Gasteiger partial charge in [-0.2, -0.15) is 0 Å². The molecular weight excluding hydrogens is 402 g/mol. The maximum atomic E-state index is 12.4. The molecule has 172 valence electrons. The van der Waals surface area contributed by atoms with E-state index < -0.39 is 5.97 Å². The number of benzene rings is 2. The molecule has 0 bridgehead atoms. The first-order valence-corrected chi connectivity index (χ1v) is 11.6. The molecule has 1 N–H and O–H groups in total. The van der Waals surface area contributed by atoms with Gasteiger partial charge in [0.1, 0.15) is 11.5 Å². The monoisotopic (exact) mass is 437 g/mol. The smallest absolute Gasteiger partial charge is 0.343 e. The SMILES string of the molecule is CCCCCCCCCCOc1ccc(C(=O)Oc2ccc(N/C=C\C(C)=O)cc2)cc1. The number of nitrogens with one attached hydrogen (secondary N) is 1. The van der Waals surface area contributed by atoms with Gasteiger partial charge < -0.3 is 14.8 Å². The molecule has 2 aromatic carbocycles. The molecule has 0 saturated carbocycles. The molecule has 0 aliphatic carbocycles. The molecule has 0 heterocycles. The van der Waals surface area contributed by atoms with E-state index in [1.165, 1.54) is 57.9 Å². The van der Waals surface area contributed by atoms with Gasteiger partial charge in [0.25, 0.3) is 0 Å². The summed E-state index contributed by atoms with van der Waals surface area (Å²) in [5.41, 5.74) is 1.26. The molecule has 0 amide bonds. The molecule has 0 spiro atoms. The third kappa shape index (κ3) is 10.3. The van der Waals surface area contributed by atoms with Gasteiger partial charge in [0.05, 0.1) is 12.2 Å². The maximum Gasteiger partial charge on any atom is 0.343 e. The number of anilines is 1. The molecule has 32 heavy (non-hydrogen) atoms. The van der Waals surface area contributed by atoms with Crippen LogP contribution < -0.4 is 14.8 Å². The normalized spacial score (nSPS) is 10.8. The highest BCUT2D eigenvalue weighted by atomic mass is 16.5. The number of esters is 1. The summed E-state index contributed by atoms with van der Waals surface area (Å²) < 4.78 is 11.2. The fourth-order valence-electron chi connectivity index (χ4n) is 3.15. The Morgan fingerprint density at radius 2 is 1.41 bits per heavy atom. The van der Waals surface area contributed by atoms with Crippen LogP contribution in [0.3, 0.4) is 0 Å². The van der Waals surface area contributed by atoms with Crippen molar-refractivity contribution in [3.63, 3.8) is 0 Å². The van der Waals surface area contributed by atoms with E-state index in [9.17, 15) is 9.59 Å². The molecule has 0 aromatic heterocycles. The van der Waals surface area contributed by atoms with E-state index in [0.717, 1.165) is 17.9 Å². The van der Waals surface area contributed by atoms with Gasteiger partial charge in [-0.15, -0.1) is 0 Å². The zero-order valence-corrected chi connectivity index (χ0v) is 19.3. The van der Waals surface area contributed by atoms with Gasteiger partial charge in [-0.3, -0.25) is 4.79 Å². The molecule has 0 unspecified atom stereocenters.